The average molecular weight is 290 g/mol. The second-order valence-corrected chi connectivity index (χ2v) is 6.00. The van der Waals surface area contributed by atoms with Crippen molar-refractivity contribution in [3.63, 3.8) is 0 Å². The van der Waals surface area contributed by atoms with E-state index in [1.54, 1.807) is 0 Å². The van der Waals surface area contributed by atoms with E-state index in [1.165, 1.54) is 12.8 Å². The standard InChI is InChI=1S/C17H26N2O2/c1-14(11-19-9-5-8-16(10-18)12-19)17(20)21-13-15-6-3-2-4-7-15/h2-4,6-7,14,16H,5,8-13,18H2,1H3. The second-order valence-electron chi connectivity index (χ2n) is 6.00. The molecule has 116 valence electrons. The first kappa shape index (κ1) is 16.0. The predicted octanol–water partition coefficient (Wildman–Crippen LogP) is 2.04. The minimum Gasteiger partial charge on any atom is -0.461 e. The van der Waals surface area contributed by atoms with Gasteiger partial charge in [-0.2, -0.15) is 0 Å². The van der Waals surface area contributed by atoms with E-state index in [9.17, 15) is 4.79 Å². The van der Waals surface area contributed by atoms with Gasteiger partial charge >= 0.3 is 5.97 Å². The van der Waals surface area contributed by atoms with Gasteiger partial charge in [-0.05, 0) is 37.4 Å². The molecule has 2 rings (SSSR count). The van der Waals surface area contributed by atoms with E-state index in [4.69, 9.17) is 10.5 Å². The number of likely N-dealkylation sites (tertiary alicyclic amines) is 1. The van der Waals surface area contributed by atoms with E-state index < -0.39 is 0 Å². The quantitative estimate of drug-likeness (QED) is 0.815. The van der Waals surface area contributed by atoms with Crippen LogP contribution < -0.4 is 5.73 Å². The fourth-order valence-corrected chi connectivity index (χ4v) is 2.84. The van der Waals surface area contributed by atoms with Crippen LogP contribution in [-0.4, -0.2) is 37.0 Å². The number of ether oxygens (including phenoxy) is 1. The fraction of sp³-hybridized carbons (Fsp3) is 0.588. The van der Waals surface area contributed by atoms with Gasteiger partial charge in [0.2, 0.25) is 0 Å². The van der Waals surface area contributed by atoms with E-state index in [0.29, 0.717) is 12.5 Å². The summed E-state index contributed by atoms with van der Waals surface area (Å²) >= 11 is 0. The third kappa shape index (κ3) is 5.14. The third-order valence-electron chi connectivity index (χ3n) is 4.09. The monoisotopic (exact) mass is 290 g/mol. The lowest BCUT2D eigenvalue weighted by molar-refractivity contribution is -0.150. The molecule has 0 aliphatic carbocycles. The van der Waals surface area contributed by atoms with Gasteiger partial charge < -0.3 is 15.4 Å². The Kier molecular flexibility index (Phi) is 6.21. The van der Waals surface area contributed by atoms with Crippen LogP contribution in [0.3, 0.4) is 0 Å². The number of nitrogens with zero attached hydrogens (tertiary/aromatic N) is 1. The second kappa shape index (κ2) is 8.15. The molecule has 1 aliphatic heterocycles. The van der Waals surface area contributed by atoms with Gasteiger partial charge in [0.15, 0.2) is 0 Å². The summed E-state index contributed by atoms with van der Waals surface area (Å²) in [6.07, 6.45) is 2.38. The Morgan fingerprint density at radius 1 is 1.43 bits per heavy atom. The molecule has 1 heterocycles. The maximum Gasteiger partial charge on any atom is 0.310 e. The summed E-state index contributed by atoms with van der Waals surface area (Å²) in [4.78, 5) is 14.4. The maximum absolute atomic E-state index is 12.1. The zero-order valence-corrected chi connectivity index (χ0v) is 12.8. The van der Waals surface area contributed by atoms with Gasteiger partial charge in [-0.1, -0.05) is 37.3 Å². The molecule has 1 fully saturated rings. The van der Waals surface area contributed by atoms with E-state index >= 15 is 0 Å². The van der Waals surface area contributed by atoms with Crippen molar-refractivity contribution in [2.24, 2.45) is 17.6 Å². The van der Waals surface area contributed by atoms with E-state index in [-0.39, 0.29) is 11.9 Å². The van der Waals surface area contributed by atoms with E-state index in [0.717, 1.165) is 31.7 Å². The molecule has 21 heavy (non-hydrogen) atoms. The lowest BCUT2D eigenvalue weighted by Gasteiger charge is -2.33. The molecule has 1 aromatic carbocycles. The zero-order chi connectivity index (χ0) is 15.1. The molecule has 1 aromatic rings. The summed E-state index contributed by atoms with van der Waals surface area (Å²) < 4.78 is 5.39. The molecule has 0 radical (unpaired) electrons. The normalized spacial score (nSPS) is 21.0. The largest absolute Gasteiger partial charge is 0.461 e. The number of piperidine rings is 1. The summed E-state index contributed by atoms with van der Waals surface area (Å²) in [6.45, 7) is 5.88. The van der Waals surface area contributed by atoms with Crippen LogP contribution in [0.2, 0.25) is 0 Å². The third-order valence-corrected chi connectivity index (χ3v) is 4.09. The molecule has 0 bridgehead atoms. The summed E-state index contributed by atoms with van der Waals surface area (Å²) in [5, 5.41) is 0. The molecular formula is C17H26N2O2. The van der Waals surface area contributed by atoms with Gasteiger partial charge in [0.25, 0.3) is 0 Å². The number of hydrogen-bond acceptors (Lipinski definition) is 4. The molecule has 4 nitrogen and oxygen atoms in total. The molecule has 0 spiro atoms. The molecule has 2 unspecified atom stereocenters. The first-order valence-electron chi connectivity index (χ1n) is 7.82. The lowest BCUT2D eigenvalue weighted by atomic mass is 9.97. The highest BCUT2D eigenvalue weighted by molar-refractivity contribution is 5.72. The Hall–Kier alpha value is -1.39. The molecular weight excluding hydrogens is 264 g/mol. The number of nitrogens with two attached hydrogens (primary N) is 1. The maximum atomic E-state index is 12.1. The van der Waals surface area contributed by atoms with Crippen molar-refractivity contribution in [3.8, 4) is 0 Å². The summed E-state index contributed by atoms with van der Waals surface area (Å²) in [7, 11) is 0. The van der Waals surface area contributed by atoms with E-state index in [1.807, 2.05) is 37.3 Å². The number of hydrogen-bond donors (Lipinski definition) is 1. The van der Waals surface area contributed by atoms with Gasteiger partial charge in [-0.25, -0.2) is 0 Å². The molecule has 1 saturated heterocycles. The van der Waals surface area contributed by atoms with Gasteiger partial charge in [-0.3, -0.25) is 4.79 Å². The fourth-order valence-electron chi connectivity index (χ4n) is 2.84. The zero-order valence-electron chi connectivity index (χ0n) is 12.8. The average Bonchev–Trinajstić information content (AvgIpc) is 2.53. The van der Waals surface area contributed by atoms with Crippen molar-refractivity contribution in [1.29, 1.82) is 0 Å². The van der Waals surface area contributed by atoms with Crippen molar-refractivity contribution in [2.45, 2.75) is 26.4 Å². The van der Waals surface area contributed by atoms with Gasteiger partial charge in [0.05, 0.1) is 5.92 Å². The highest BCUT2D eigenvalue weighted by atomic mass is 16.5. The number of rotatable bonds is 6. The molecule has 4 heteroatoms. The highest BCUT2D eigenvalue weighted by Gasteiger charge is 2.23. The summed E-state index contributed by atoms with van der Waals surface area (Å²) in [5.74, 6) is 0.366. The van der Waals surface area contributed by atoms with Crippen LogP contribution in [-0.2, 0) is 16.1 Å². The molecule has 2 atom stereocenters. The van der Waals surface area contributed by atoms with Crippen LogP contribution in [0.1, 0.15) is 25.3 Å². The molecule has 0 saturated carbocycles. The first-order valence-corrected chi connectivity index (χ1v) is 7.82. The molecule has 1 aliphatic rings. The first-order chi connectivity index (χ1) is 10.2. The van der Waals surface area contributed by atoms with Crippen LogP contribution >= 0.6 is 0 Å². The Balaban J connectivity index is 1.74. The van der Waals surface area contributed by atoms with Gasteiger partial charge in [-0.15, -0.1) is 0 Å². The number of benzene rings is 1. The van der Waals surface area contributed by atoms with Crippen LogP contribution in [0, 0.1) is 11.8 Å². The van der Waals surface area contributed by atoms with Crippen LogP contribution in [0.25, 0.3) is 0 Å². The number of carbonyl (C=O) groups is 1. The summed E-state index contributed by atoms with van der Waals surface area (Å²) in [6, 6.07) is 9.79. The van der Waals surface area contributed by atoms with Crippen molar-refractivity contribution < 1.29 is 9.53 Å². The topological polar surface area (TPSA) is 55.6 Å². The Morgan fingerprint density at radius 3 is 2.90 bits per heavy atom. The molecule has 2 N–H and O–H groups in total. The molecule has 0 aromatic heterocycles. The minimum atomic E-state index is -0.117. The van der Waals surface area contributed by atoms with Crippen LogP contribution in [0.4, 0.5) is 0 Å². The van der Waals surface area contributed by atoms with Crippen molar-refractivity contribution in [3.05, 3.63) is 35.9 Å². The SMILES string of the molecule is CC(CN1CCCC(CN)C1)C(=O)OCc1ccccc1. The van der Waals surface area contributed by atoms with Crippen molar-refractivity contribution in [2.75, 3.05) is 26.2 Å². The van der Waals surface area contributed by atoms with Gasteiger partial charge in [0.1, 0.15) is 6.61 Å². The van der Waals surface area contributed by atoms with Crippen molar-refractivity contribution in [1.82, 2.24) is 4.90 Å². The van der Waals surface area contributed by atoms with Crippen molar-refractivity contribution >= 4 is 5.97 Å². The highest BCUT2D eigenvalue weighted by Crippen LogP contribution is 2.17. The van der Waals surface area contributed by atoms with E-state index in [2.05, 4.69) is 4.90 Å². The Bertz CT molecular complexity index is 436. The van der Waals surface area contributed by atoms with Crippen LogP contribution in [0.5, 0.6) is 0 Å². The Labute approximate surface area is 127 Å². The minimum absolute atomic E-state index is 0.0924. The Morgan fingerprint density at radius 2 is 2.19 bits per heavy atom. The molecule has 0 amide bonds. The lowest BCUT2D eigenvalue weighted by Crippen LogP contribution is -2.41. The number of esters is 1. The summed E-state index contributed by atoms with van der Waals surface area (Å²) in [5.41, 5.74) is 6.78. The number of carbonyl (C=O) groups excluding carboxylic acids is 1. The predicted molar refractivity (Wildman–Crippen MR) is 83.6 cm³/mol. The smallest absolute Gasteiger partial charge is 0.310 e. The van der Waals surface area contributed by atoms with Gasteiger partial charge in [0, 0.05) is 13.1 Å². The van der Waals surface area contributed by atoms with Crippen LogP contribution in [0.15, 0.2) is 30.3 Å².